The molecule has 0 atom stereocenters. The van der Waals surface area contributed by atoms with Crippen LogP contribution in [0.15, 0.2) is 48.9 Å². The molecule has 86 valence electrons. The van der Waals surface area contributed by atoms with Gasteiger partial charge in [0.15, 0.2) is 12.4 Å². The summed E-state index contributed by atoms with van der Waals surface area (Å²) in [6, 6.07) is 9.55. The van der Waals surface area contributed by atoms with Gasteiger partial charge < -0.3 is 11.1 Å². The predicted octanol–water partition coefficient (Wildman–Crippen LogP) is 1.57. The van der Waals surface area contributed by atoms with Gasteiger partial charge in [-0.3, -0.25) is 0 Å². The minimum Gasteiger partial charge on any atom is -0.384 e. The maximum absolute atomic E-state index is 5.58. The zero-order valence-electron chi connectivity index (χ0n) is 9.67. The lowest BCUT2D eigenvalue weighted by Gasteiger charge is -1.99. The van der Waals surface area contributed by atoms with Gasteiger partial charge in [0.1, 0.15) is 18.7 Å². The van der Waals surface area contributed by atoms with Crippen LogP contribution < -0.4 is 15.6 Å². The number of hydrogen-bond acceptors (Lipinski definition) is 3. The van der Waals surface area contributed by atoms with E-state index in [0.29, 0.717) is 5.82 Å². The van der Waals surface area contributed by atoms with E-state index in [1.165, 1.54) is 0 Å². The summed E-state index contributed by atoms with van der Waals surface area (Å²) in [6.07, 6.45) is 7.82. The van der Waals surface area contributed by atoms with Gasteiger partial charge in [-0.05, 0) is 23.8 Å². The molecule has 0 spiro atoms. The molecular weight excluding hydrogens is 212 g/mol. The highest BCUT2D eigenvalue weighted by Crippen LogP contribution is 2.06. The SMILES string of the molecule is C[n+]1ccc(C=CNc2cccc(N)n2)cc1. The Bertz CT molecular complexity index is 517. The molecule has 3 N–H and O–H groups in total. The maximum Gasteiger partial charge on any atom is 0.169 e. The summed E-state index contributed by atoms with van der Waals surface area (Å²) in [4.78, 5) is 4.13. The summed E-state index contributed by atoms with van der Waals surface area (Å²) in [7, 11) is 1.99. The second-order valence-electron chi connectivity index (χ2n) is 3.72. The zero-order valence-corrected chi connectivity index (χ0v) is 9.67. The largest absolute Gasteiger partial charge is 0.384 e. The molecule has 4 nitrogen and oxygen atoms in total. The molecule has 0 radical (unpaired) electrons. The molecule has 17 heavy (non-hydrogen) atoms. The third kappa shape index (κ3) is 3.31. The molecule has 2 aromatic heterocycles. The fourth-order valence-electron chi connectivity index (χ4n) is 1.38. The Kier molecular flexibility index (Phi) is 3.35. The van der Waals surface area contributed by atoms with Gasteiger partial charge in [-0.15, -0.1) is 0 Å². The van der Waals surface area contributed by atoms with E-state index in [9.17, 15) is 0 Å². The Labute approximate surface area is 100 Å². The maximum atomic E-state index is 5.58. The topological polar surface area (TPSA) is 54.8 Å². The van der Waals surface area contributed by atoms with Crippen molar-refractivity contribution in [2.24, 2.45) is 7.05 Å². The average Bonchev–Trinajstić information content (AvgIpc) is 2.32. The van der Waals surface area contributed by atoms with Gasteiger partial charge in [0.25, 0.3) is 0 Å². The molecule has 0 fully saturated rings. The van der Waals surface area contributed by atoms with Crippen molar-refractivity contribution < 1.29 is 4.57 Å². The van der Waals surface area contributed by atoms with Crippen molar-refractivity contribution in [1.82, 2.24) is 4.98 Å². The Morgan fingerprint density at radius 2 is 2.00 bits per heavy atom. The normalized spacial score (nSPS) is 10.6. The van der Waals surface area contributed by atoms with Crippen molar-refractivity contribution >= 4 is 17.7 Å². The number of anilines is 2. The summed E-state index contributed by atoms with van der Waals surface area (Å²) in [5.74, 6) is 1.25. The van der Waals surface area contributed by atoms with Gasteiger partial charge in [0, 0.05) is 18.3 Å². The Hall–Kier alpha value is -2.36. The van der Waals surface area contributed by atoms with E-state index in [1.54, 1.807) is 6.07 Å². The van der Waals surface area contributed by atoms with Crippen LogP contribution in [0.1, 0.15) is 5.56 Å². The molecule has 0 aromatic carbocycles. The molecule has 0 bridgehead atoms. The first kappa shape index (κ1) is 11.1. The van der Waals surface area contributed by atoms with E-state index in [-0.39, 0.29) is 0 Å². The summed E-state index contributed by atoms with van der Waals surface area (Å²) in [5, 5.41) is 3.07. The molecule has 0 aliphatic heterocycles. The number of aromatic nitrogens is 2. The number of nitrogens with two attached hydrogens (primary N) is 1. The predicted molar refractivity (Wildman–Crippen MR) is 68.9 cm³/mol. The summed E-state index contributed by atoms with van der Waals surface area (Å²) < 4.78 is 1.99. The summed E-state index contributed by atoms with van der Waals surface area (Å²) >= 11 is 0. The van der Waals surface area contributed by atoms with Gasteiger partial charge in [0.2, 0.25) is 0 Å². The van der Waals surface area contributed by atoms with E-state index >= 15 is 0 Å². The number of nitrogen functional groups attached to an aromatic ring is 1. The van der Waals surface area contributed by atoms with Crippen LogP contribution in [0.2, 0.25) is 0 Å². The van der Waals surface area contributed by atoms with Crippen molar-refractivity contribution in [2.45, 2.75) is 0 Å². The molecule has 0 unspecified atom stereocenters. The quantitative estimate of drug-likeness (QED) is 0.783. The lowest BCUT2D eigenvalue weighted by atomic mass is 10.2. The molecular formula is C13H15N4+. The van der Waals surface area contributed by atoms with Crippen molar-refractivity contribution in [3.63, 3.8) is 0 Å². The van der Waals surface area contributed by atoms with Gasteiger partial charge in [-0.25, -0.2) is 9.55 Å². The van der Waals surface area contributed by atoms with E-state index in [4.69, 9.17) is 5.73 Å². The molecule has 2 heterocycles. The molecule has 0 aliphatic carbocycles. The lowest BCUT2D eigenvalue weighted by Crippen LogP contribution is -2.25. The van der Waals surface area contributed by atoms with Crippen LogP contribution in [0, 0.1) is 0 Å². The fourth-order valence-corrected chi connectivity index (χ4v) is 1.38. The summed E-state index contributed by atoms with van der Waals surface area (Å²) in [6.45, 7) is 0. The fraction of sp³-hybridized carbons (Fsp3) is 0.0769. The van der Waals surface area contributed by atoms with Crippen LogP contribution in [0.25, 0.3) is 6.08 Å². The van der Waals surface area contributed by atoms with Crippen LogP contribution in [0.5, 0.6) is 0 Å². The zero-order chi connectivity index (χ0) is 12.1. The number of aryl methyl sites for hydroxylation is 1. The van der Waals surface area contributed by atoms with Gasteiger partial charge in [0.05, 0.1) is 0 Å². The summed E-state index contributed by atoms with van der Waals surface area (Å²) in [5.41, 5.74) is 6.70. The molecule has 0 amide bonds. The minimum absolute atomic E-state index is 0.509. The van der Waals surface area contributed by atoms with Crippen LogP contribution in [-0.2, 0) is 7.05 Å². The number of nitrogens with zero attached hydrogens (tertiary/aromatic N) is 2. The Balaban J connectivity index is 2.00. The molecule has 0 aliphatic rings. The lowest BCUT2D eigenvalue weighted by molar-refractivity contribution is -0.671. The second kappa shape index (κ2) is 5.12. The molecule has 2 aromatic rings. The first-order chi connectivity index (χ1) is 8.24. The van der Waals surface area contributed by atoms with Crippen LogP contribution >= 0.6 is 0 Å². The van der Waals surface area contributed by atoms with Gasteiger partial charge >= 0.3 is 0 Å². The third-order valence-electron chi connectivity index (χ3n) is 2.28. The van der Waals surface area contributed by atoms with E-state index in [1.807, 2.05) is 60.5 Å². The number of nitrogens with one attached hydrogen (secondary N) is 1. The Morgan fingerprint density at radius 3 is 2.71 bits per heavy atom. The number of hydrogen-bond donors (Lipinski definition) is 2. The average molecular weight is 227 g/mol. The smallest absolute Gasteiger partial charge is 0.169 e. The van der Waals surface area contributed by atoms with Crippen LogP contribution in [0.3, 0.4) is 0 Å². The first-order valence-corrected chi connectivity index (χ1v) is 5.35. The third-order valence-corrected chi connectivity index (χ3v) is 2.28. The highest BCUT2D eigenvalue weighted by molar-refractivity contribution is 5.53. The van der Waals surface area contributed by atoms with Crippen molar-refractivity contribution in [3.8, 4) is 0 Å². The van der Waals surface area contributed by atoms with Crippen molar-refractivity contribution in [1.29, 1.82) is 0 Å². The van der Waals surface area contributed by atoms with Crippen molar-refractivity contribution in [2.75, 3.05) is 11.1 Å². The van der Waals surface area contributed by atoms with Crippen LogP contribution in [0.4, 0.5) is 11.6 Å². The monoisotopic (exact) mass is 227 g/mol. The highest BCUT2D eigenvalue weighted by Gasteiger charge is 1.92. The van der Waals surface area contributed by atoms with Crippen LogP contribution in [-0.4, -0.2) is 4.98 Å². The van der Waals surface area contributed by atoms with Gasteiger partial charge in [-0.2, -0.15) is 0 Å². The van der Waals surface area contributed by atoms with Gasteiger partial charge in [-0.1, -0.05) is 6.07 Å². The molecule has 0 saturated heterocycles. The van der Waals surface area contributed by atoms with Crippen molar-refractivity contribution in [3.05, 3.63) is 54.5 Å². The second-order valence-corrected chi connectivity index (χ2v) is 3.72. The van der Waals surface area contributed by atoms with E-state index in [0.717, 1.165) is 11.4 Å². The van der Waals surface area contributed by atoms with E-state index < -0.39 is 0 Å². The van der Waals surface area contributed by atoms with E-state index in [2.05, 4.69) is 10.3 Å². The first-order valence-electron chi connectivity index (χ1n) is 5.35. The molecule has 4 heteroatoms. The standard InChI is InChI=1S/C13H14N4/c1-17-9-6-11(7-10-17)5-8-15-13-4-2-3-12(14)16-13/h2-10H,1H3,(H2,14,16)/p+1. The highest BCUT2D eigenvalue weighted by atomic mass is 15.0. The number of pyridine rings is 2. The molecule has 2 rings (SSSR count). The number of rotatable bonds is 3. The molecule has 0 saturated carbocycles. The minimum atomic E-state index is 0.509. The Morgan fingerprint density at radius 1 is 1.24 bits per heavy atom.